The summed E-state index contributed by atoms with van der Waals surface area (Å²) in [6, 6.07) is 10.9. The van der Waals surface area contributed by atoms with E-state index in [0.29, 0.717) is 32.4 Å². The van der Waals surface area contributed by atoms with E-state index in [1.54, 1.807) is 41.6 Å². The van der Waals surface area contributed by atoms with Crippen LogP contribution < -0.4 is 0 Å². The summed E-state index contributed by atoms with van der Waals surface area (Å²) < 4.78 is 68.1. The number of alkyl halides is 2. The van der Waals surface area contributed by atoms with Crippen LogP contribution in [0.25, 0.3) is 5.57 Å². The average molecular weight is 648 g/mol. The molecule has 1 saturated heterocycles. The van der Waals surface area contributed by atoms with Crippen molar-refractivity contribution in [3.8, 4) is 0 Å². The van der Waals surface area contributed by atoms with Crippen LogP contribution in [0.15, 0.2) is 81.9 Å². The number of nitrogens with zero attached hydrogens (tertiary/aromatic N) is 5. The largest absolute Gasteiger partial charge is 0.388 e. The van der Waals surface area contributed by atoms with Crippen LogP contribution in [0.2, 0.25) is 5.02 Å². The highest BCUT2D eigenvalue weighted by molar-refractivity contribution is 7.91. The molecule has 224 valence electrons. The lowest BCUT2D eigenvalue weighted by Crippen LogP contribution is -2.38. The van der Waals surface area contributed by atoms with Gasteiger partial charge in [0.05, 0.1) is 28.5 Å². The topological polar surface area (TPSA) is 101 Å². The molecule has 2 aliphatic rings. The third-order valence-corrected chi connectivity index (χ3v) is 10.3. The lowest BCUT2D eigenvalue weighted by atomic mass is 9.90. The number of aromatic nitrogens is 3. The van der Waals surface area contributed by atoms with Crippen LogP contribution in [0.3, 0.4) is 0 Å². The van der Waals surface area contributed by atoms with Gasteiger partial charge in [0.15, 0.2) is 20.7 Å². The summed E-state index contributed by atoms with van der Waals surface area (Å²) in [4.78, 5) is 11.2. The SMILES string of the molecule is Cc1cccc(S(=O)(=O)CC[C@]2(O)CC3=C(c4ccn(C(F)F)n4)[C@H](c4ccc(F)cc4Cl)N=C(c4nccs4)N3C2)c1. The van der Waals surface area contributed by atoms with E-state index in [9.17, 15) is 26.7 Å². The van der Waals surface area contributed by atoms with Gasteiger partial charge in [0.25, 0.3) is 0 Å². The van der Waals surface area contributed by atoms with Crippen molar-refractivity contribution in [2.45, 2.75) is 42.9 Å². The van der Waals surface area contributed by atoms with Gasteiger partial charge in [0.1, 0.15) is 11.9 Å². The number of amidine groups is 1. The molecule has 1 fully saturated rings. The minimum absolute atomic E-state index is 0.0208. The first kappa shape index (κ1) is 29.5. The van der Waals surface area contributed by atoms with Crippen molar-refractivity contribution in [3.05, 3.63) is 105 Å². The Balaban J connectivity index is 1.46. The molecule has 0 unspecified atom stereocenters. The number of thiazole rings is 1. The van der Waals surface area contributed by atoms with Gasteiger partial charge >= 0.3 is 6.55 Å². The summed E-state index contributed by atoms with van der Waals surface area (Å²) >= 11 is 7.80. The molecule has 2 aromatic carbocycles. The monoisotopic (exact) mass is 647 g/mol. The van der Waals surface area contributed by atoms with E-state index in [1.165, 1.54) is 35.6 Å². The molecule has 0 saturated carbocycles. The minimum Gasteiger partial charge on any atom is -0.388 e. The molecular formula is C29H25ClF3N5O3S2. The molecule has 0 aliphatic carbocycles. The number of aliphatic hydroxyl groups is 1. The highest BCUT2D eigenvalue weighted by Crippen LogP contribution is 2.48. The molecule has 2 aromatic heterocycles. The van der Waals surface area contributed by atoms with Crippen LogP contribution in [0.5, 0.6) is 0 Å². The van der Waals surface area contributed by atoms with Crippen LogP contribution in [-0.2, 0) is 9.84 Å². The Morgan fingerprint density at radius 1 is 1.21 bits per heavy atom. The second-order valence-corrected chi connectivity index (χ2v) is 14.0. The number of rotatable bonds is 8. The third-order valence-electron chi connectivity index (χ3n) is 7.52. The molecule has 6 rings (SSSR count). The van der Waals surface area contributed by atoms with E-state index in [0.717, 1.165) is 17.8 Å². The van der Waals surface area contributed by atoms with E-state index in [4.69, 9.17) is 16.6 Å². The highest BCUT2D eigenvalue weighted by Gasteiger charge is 2.47. The molecule has 0 bridgehead atoms. The molecule has 43 heavy (non-hydrogen) atoms. The molecule has 0 radical (unpaired) electrons. The molecule has 4 aromatic rings. The molecule has 2 atom stereocenters. The zero-order chi connectivity index (χ0) is 30.5. The Labute approximate surface area is 254 Å². The van der Waals surface area contributed by atoms with Crippen molar-refractivity contribution in [2.75, 3.05) is 12.3 Å². The summed E-state index contributed by atoms with van der Waals surface area (Å²) in [5, 5.41) is 18.3. The van der Waals surface area contributed by atoms with Gasteiger partial charge in [-0.25, -0.2) is 22.5 Å². The second-order valence-electron chi connectivity index (χ2n) is 10.5. The summed E-state index contributed by atoms with van der Waals surface area (Å²) in [5.74, 6) is -0.484. The Hall–Kier alpha value is -3.52. The first-order valence-corrected chi connectivity index (χ1v) is 16.1. The van der Waals surface area contributed by atoms with Crippen LogP contribution in [0.4, 0.5) is 13.2 Å². The molecule has 8 nitrogen and oxygen atoms in total. The summed E-state index contributed by atoms with van der Waals surface area (Å²) in [6.07, 6.45) is 2.61. The molecular weight excluding hydrogens is 623 g/mol. The Bertz CT molecular complexity index is 1860. The minimum atomic E-state index is -3.72. The third kappa shape index (κ3) is 5.74. The maximum absolute atomic E-state index is 14.0. The van der Waals surface area contributed by atoms with Gasteiger partial charge in [-0.3, -0.25) is 4.99 Å². The maximum atomic E-state index is 14.0. The molecule has 0 amide bonds. The van der Waals surface area contributed by atoms with Gasteiger partial charge in [0, 0.05) is 46.1 Å². The Kier molecular flexibility index (Phi) is 7.69. The fourth-order valence-electron chi connectivity index (χ4n) is 5.46. The second kappa shape index (κ2) is 11.2. The molecule has 0 spiro atoms. The van der Waals surface area contributed by atoms with Gasteiger partial charge in [-0.1, -0.05) is 29.8 Å². The van der Waals surface area contributed by atoms with Crippen molar-refractivity contribution >= 4 is 44.2 Å². The van der Waals surface area contributed by atoms with Crippen molar-refractivity contribution in [1.82, 2.24) is 19.7 Å². The van der Waals surface area contributed by atoms with Gasteiger partial charge in [-0.05, 0) is 49.2 Å². The van der Waals surface area contributed by atoms with Crippen molar-refractivity contribution in [1.29, 1.82) is 0 Å². The number of aryl methyl sites for hydroxylation is 1. The lowest BCUT2D eigenvalue weighted by Gasteiger charge is -2.32. The van der Waals surface area contributed by atoms with Gasteiger partial charge in [0.2, 0.25) is 0 Å². The lowest BCUT2D eigenvalue weighted by molar-refractivity contribution is 0.0526. The van der Waals surface area contributed by atoms with Gasteiger partial charge in [-0.15, -0.1) is 11.3 Å². The summed E-state index contributed by atoms with van der Waals surface area (Å²) in [6.45, 7) is -1.12. The average Bonchev–Trinajstić information content (AvgIpc) is 3.72. The fourth-order valence-corrected chi connectivity index (χ4v) is 7.91. The standard InChI is InChI=1S/C29H25ClF3N5O3S2/c1-17-3-2-4-19(13-17)43(40,41)12-8-29(39)15-23-24(22-7-10-38(36-22)28(32)33)25(20-6-5-18(31)14-21(20)30)35-26(37(23)16-29)27-34-9-11-42-27/h2-7,9-11,13-14,25,28,39H,8,12,15-16H2,1H3/t25-,29-/m0/s1. The quantitative estimate of drug-likeness (QED) is 0.250. The zero-order valence-electron chi connectivity index (χ0n) is 22.7. The van der Waals surface area contributed by atoms with Crippen molar-refractivity contribution < 1.29 is 26.7 Å². The summed E-state index contributed by atoms with van der Waals surface area (Å²) in [7, 11) is -3.72. The fraction of sp³-hybridized carbons (Fsp3) is 0.276. The van der Waals surface area contributed by atoms with Crippen LogP contribution >= 0.6 is 22.9 Å². The van der Waals surface area contributed by atoms with Gasteiger partial charge < -0.3 is 10.0 Å². The van der Waals surface area contributed by atoms with E-state index >= 15 is 0 Å². The van der Waals surface area contributed by atoms with Crippen LogP contribution in [-0.4, -0.2) is 56.9 Å². The van der Waals surface area contributed by atoms with Crippen molar-refractivity contribution in [2.24, 2.45) is 4.99 Å². The number of benzene rings is 2. The number of aliphatic imine (C=N–C) groups is 1. The summed E-state index contributed by atoms with van der Waals surface area (Å²) in [5.41, 5.74) is 0.756. The highest BCUT2D eigenvalue weighted by atomic mass is 35.5. The van der Waals surface area contributed by atoms with E-state index < -0.39 is 33.8 Å². The number of halogens is 4. The first-order valence-electron chi connectivity index (χ1n) is 13.2. The maximum Gasteiger partial charge on any atom is 0.333 e. The Morgan fingerprint density at radius 2 is 2.02 bits per heavy atom. The first-order chi connectivity index (χ1) is 20.4. The number of hydrogen-bond acceptors (Lipinski definition) is 8. The predicted octanol–water partition coefficient (Wildman–Crippen LogP) is 6.05. The van der Waals surface area contributed by atoms with E-state index in [-0.39, 0.29) is 40.8 Å². The normalized spacial score (nSPS) is 20.6. The molecule has 14 heteroatoms. The van der Waals surface area contributed by atoms with Crippen molar-refractivity contribution in [3.63, 3.8) is 0 Å². The number of sulfone groups is 1. The predicted molar refractivity (Wildman–Crippen MR) is 157 cm³/mol. The molecule has 4 heterocycles. The number of fused-ring (bicyclic) bond motifs is 1. The Morgan fingerprint density at radius 3 is 2.70 bits per heavy atom. The number of hydrogen-bond donors (Lipinski definition) is 1. The zero-order valence-corrected chi connectivity index (χ0v) is 25.1. The molecule has 2 aliphatic heterocycles. The molecule has 1 N–H and O–H groups in total. The van der Waals surface area contributed by atoms with Crippen LogP contribution in [0, 0.1) is 12.7 Å². The smallest absolute Gasteiger partial charge is 0.333 e. The van der Waals surface area contributed by atoms with Gasteiger partial charge in [-0.2, -0.15) is 13.9 Å². The van der Waals surface area contributed by atoms with E-state index in [1.807, 2.05) is 0 Å². The van der Waals surface area contributed by atoms with E-state index in [2.05, 4.69) is 10.1 Å². The van der Waals surface area contributed by atoms with Crippen LogP contribution in [0.1, 0.15) is 47.3 Å².